The van der Waals surface area contributed by atoms with Crippen molar-refractivity contribution in [2.45, 2.75) is 31.5 Å². The number of hydrogen-bond acceptors (Lipinski definition) is 6. The van der Waals surface area contributed by atoms with Crippen molar-refractivity contribution >= 4 is 12.1 Å². The molecule has 3 atom stereocenters. The van der Waals surface area contributed by atoms with Crippen LogP contribution in [0, 0.1) is 0 Å². The lowest BCUT2D eigenvalue weighted by molar-refractivity contribution is -0.153. The van der Waals surface area contributed by atoms with Gasteiger partial charge in [-0.2, -0.15) is 0 Å². The predicted molar refractivity (Wildman–Crippen MR) is 100 cm³/mol. The summed E-state index contributed by atoms with van der Waals surface area (Å²) in [6.45, 7) is 0.152. The van der Waals surface area contributed by atoms with Gasteiger partial charge in [-0.1, -0.05) is 60.7 Å². The van der Waals surface area contributed by atoms with Gasteiger partial charge in [0.05, 0.1) is 6.54 Å². The van der Waals surface area contributed by atoms with Crippen LogP contribution in [0.3, 0.4) is 0 Å². The molecule has 28 heavy (non-hydrogen) atoms. The van der Waals surface area contributed by atoms with Crippen LogP contribution in [-0.4, -0.2) is 54.0 Å². The van der Waals surface area contributed by atoms with Crippen LogP contribution < -0.4 is 0 Å². The minimum absolute atomic E-state index is 0.0381. The molecular weight excluding hydrogens is 362 g/mol. The molecule has 0 saturated carbocycles. The van der Waals surface area contributed by atoms with Crippen molar-refractivity contribution < 1.29 is 28.9 Å². The first-order chi connectivity index (χ1) is 13.6. The quantitative estimate of drug-likeness (QED) is 0.767. The van der Waals surface area contributed by atoms with Crippen molar-refractivity contribution in [3.05, 3.63) is 71.8 Å². The van der Waals surface area contributed by atoms with E-state index < -0.39 is 30.3 Å². The zero-order valence-corrected chi connectivity index (χ0v) is 15.6. The van der Waals surface area contributed by atoms with E-state index in [0.29, 0.717) is 0 Å². The molecule has 2 aromatic carbocycles. The Morgan fingerprint density at radius 3 is 2.04 bits per heavy atom. The molecule has 0 aromatic heterocycles. The molecule has 1 N–H and O–H groups in total. The van der Waals surface area contributed by atoms with Crippen LogP contribution in [0.15, 0.2) is 60.7 Å². The average molecular weight is 385 g/mol. The van der Waals surface area contributed by atoms with Crippen molar-refractivity contribution in [1.29, 1.82) is 0 Å². The molecule has 0 aliphatic carbocycles. The zero-order valence-electron chi connectivity index (χ0n) is 15.6. The van der Waals surface area contributed by atoms with E-state index in [-0.39, 0.29) is 19.8 Å². The van der Waals surface area contributed by atoms with Gasteiger partial charge in [0.2, 0.25) is 0 Å². The second-order valence-corrected chi connectivity index (χ2v) is 6.50. The first-order valence-electron chi connectivity index (χ1n) is 8.99. The maximum absolute atomic E-state index is 12.6. The minimum atomic E-state index is -1.20. The van der Waals surface area contributed by atoms with Crippen LogP contribution in [0.4, 0.5) is 4.79 Å². The summed E-state index contributed by atoms with van der Waals surface area (Å²) in [4.78, 5) is 26.3. The van der Waals surface area contributed by atoms with Gasteiger partial charge in [-0.25, -0.2) is 9.59 Å². The molecule has 1 heterocycles. The Morgan fingerprint density at radius 2 is 1.50 bits per heavy atom. The summed E-state index contributed by atoms with van der Waals surface area (Å²) < 4.78 is 15.8. The largest absolute Gasteiger partial charge is 0.459 e. The molecular formula is C21H23NO6. The smallest absolute Gasteiger partial charge is 0.411 e. The maximum Gasteiger partial charge on any atom is 0.411 e. The van der Waals surface area contributed by atoms with Crippen molar-refractivity contribution in [2.24, 2.45) is 0 Å². The molecule has 1 fully saturated rings. The van der Waals surface area contributed by atoms with Gasteiger partial charge in [0.25, 0.3) is 0 Å². The zero-order chi connectivity index (χ0) is 19.9. The van der Waals surface area contributed by atoms with Gasteiger partial charge in [-0.15, -0.1) is 0 Å². The highest BCUT2D eigenvalue weighted by Gasteiger charge is 2.49. The van der Waals surface area contributed by atoms with E-state index in [1.54, 1.807) is 0 Å². The van der Waals surface area contributed by atoms with Crippen LogP contribution in [0.25, 0.3) is 0 Å². The van der Waals surface area contributed by atoms with Crippen LogP contribution in [0.1, 0.15) is 11.1 Å². The monoisotopic (exact) mass is 385 g/mol. The van der Waals surface area contributed by atoms with Crippen LogP contribution in [0.5, 0.6) is 0 Å². The first kappa shape index (κ1) is 19.9. The normalized spacial score (nSPS) is 21.4. The second-order valence-electron chi connectivity index (χ2n) is 6.50. The third-order valence-electron chi connectivity index (χ3n) is 4.62. The molecule has 2 aromatic rings. The fourth-order valence-corrected chi connectivity index (χ4v) is 3.09. The molecule has 7 nitrogen and oxygen atoms in total. The Labute approximate surface area is 163 Å². The number of likely N-dealkylation sites (tertiary alicyclic amines) is 1. The summed E-state index contributed by atoms with van der Waals surface area (Å²) in [5.74, 6) is -0.701. The number of benzene rings is 2. The Balaban J connectivity index is 1.65. The van der Waals surface area contributed by atoms with Crippen molar-refractivity contribution in [3.63, 3.8) is 0 Å². The number of ether oxygens (including phenoxy) is 3. The van der Waals surface area contributed by atoms with E-state index in [9.17, 15) is 14.7 Å². The van der Waals surface area contributed by atoms with Gasteiger partial charge in [0.1, 0.15) is 25.4 Å². The number of carbonyl (C=O) groups is 2. The minimum Gasteiger partial charge on any atom is -0.459 e. The number of aliphatic hydroxyl groups is 1. The molecule has 3 rings (SSSR count). The highest BCUT2D eigenvalue weighted by atomic mass is 16.6. The van der Waals surface area contributed by atoms with Gasteiger partial charge in [0.15, 0.2) is 6.04 Å². The second kappa shape index (κ2) is 9.34. The van der Waals surface area contributed by atoms with Crippen LogP contribution >= 0.6 is 0 Å². The fourth-order valence-electron chi connectivity index (χ4n) is 3.09. The molecule has 0 unspecified atom stereocenters. The standard InChI is InChI=1S/C21H23NO6/c1-26-17-12-22(21(25)28-14-16-10-6-3-7-11-16)18(19(17)23)20(24)27-13-15-8-4-2-5-9-15/h2-11,17-19,23H,12-14H2,1H3/t17-,18+,19+/m1/s1. The number of aliphatic hydroxyl groups excluding tert-OH is 1. The van der Waals surface area contributed by atoms with Crippen molar-refractivity contribution in [1.82, 2.24) is 4.90 Å². The van der Waals surface area contributed by atoms with Gasteiger partial charge in [-0.05, 0) is 11.1 Å². The molecule has 1 amide bonds. The lowest BCUT2D eigenvalue weighted by atomic mass is 10.1. The Morgan fingerprint density at radius 1 is 0.964 bits per heavy atom. The van der Waals surface area contributed by atoms with E-state index in [4.69, 9.17) is 14.2 Å². The van der Waals surface area contributed by atoms with Crippen LogP contribution in [-0.2, 0) is 32.2 Å². The number of amides is 1. The number of nitrogens with zero attached hydrogens (tertiary/aromatic N) is 1. The van der Waals surface area contributed by atoms with Gasteiger partial charge in [0, 0.05) is 7.11 Å². The van der Waals surface area contributed by atoms with E-state index >= 15 is 0 Å². The lowest BCUT2D eigenvalue weighted by Gasteiger charge is -2.23. The van der Waals surface area contributed by atoms with Gasteiger partial charge in [-0.3, -0.25) is 4.90 Å². The molecule has 148 valence electrons. The van der Waals surface area contributed by atoms with E-state index in [2.05, 4.69) is 0 Å². The first-order valence-corrected chi connectivity index (χ1v) is 8.99. The summed E-state index contributed by atoms with van der Waals surface area (Å²) in [5.41, 5.74) is 1.63. The number of methoxy groups -OCH3 is 1. The average Bonchev–Trinajstić information content (AvgIpc) is 3.08. The third kappa shape index (κ3) is 4.68. The SMILES string of the molecule is CO[C@@H]1CN(C(=O)OCc2ccccc2)[C@H](C(=O)OCc2ccccc2)[C@H]1O. The number of esters is 1. The van der Waals surface area contributed by atoms with E-state index in [1.165, 1.54) is 7.11 Å². The summed E-state index contributed by atoms with van der Waals surface area (Å²) >= 11 is 0. The molecule has 0 spiro atoms. The summed E-state index contributed by atoms with van der Waals surface area (Å²) in [5, 5.41) is 10.4. The molecule has 1 saturated heterocycles. The molecule has 1 aliphatic rings. The Bertz CT molecular complexity index is 782. The molecule has 1 aliphatic heterocycles. The third-order valence-corrected chi connectivity index (χ3v) is 4.62. The molecule has 0 radical (unpaired) electrons. The predicted octanol–water partition coefficient (Wildman–Crippen LogP) is 2.13. The lowest BCUT2D eigenvalue weighted by Crippen LogP contribution is -2.46. The van der Waals surface area contributed by atoms with E-state index in [0.717, 1.165) is 16.0 Å². The Hall–Kier alpha value is -2.90. The topological polar surface area (TPSA) is 85.3 Å². The number of hydrogen-bond donors (Lipinski definition) is 1. The summed E-state index contributed by atoms with van der Waals surface area (Å²) in [7, 11) is 1.42. The highest BCUT2D eigenvalue weighted by molar-refractivity contribution is 5.83. The van der Waals surface area contributed by atoms with Crippen LogP contribution in [0.2, 0.25) is 0 Å². The molecule has 0 bridgehead atoms. The number of carbonyl (C=O) groups excluding carboxylic acids is 2. The maximum atomic E-state index is 12.6. The Kier molecular flexibility index (Phi) is 6.62. The fraction of sp³-hybridized carbons (Fsp3) is 0.333. The van der Waals surface area contributed by atoms with Gasteiger partial charge < -0.3 is 19.3 Å². The summed E-state index contributed by atoms with van der Waals surface area (Å²) in [6, 6.07) is 17.2. The highest BCUT2D eigenvalue weighted by Crippen LogP contribution is 2.24. The van der Waals surface area contributed by atoms with Crippen molar-refractivity contribution in [3.8, 4) is 0 Å². The summed E-state index contributed by atoms with van der Waals surface area (Å²) in [6.07, 6.45) is -2.60. The van der Waals surface area contributed by atoms with E-state index in [1.807, 2.05) is 60.7 Å². The molecule has 7 heteroatoms. The van der Waals surface area contributed by atoms with Crippen molar-refractivity contribution in [2.75, 3.05) is 13.7 Å². The van der Waals surface area contributed by atoms with Gasteiger partial charge >= 0.3 is 12.1 Å². The number of rotatable bonds is 6.